The molecule has 9 heteroatoms. The minimum atomic E-state index is -0.536. The maximum absolute atomic E-state index is 13.2. The second-order valence-electron chi connectivity index (χ2n) is 5.98. The summed E-state index contributed by atoms with van der Waals surface area (Å²) < 4.78 is 20.8. The van der Waals surface area contributed by atoms with Crippen LogP contribution in [0.2, 0.25) is 5.02 Å². The average molecular weight is 417 g/mol. The van der Waals surface area contributed by atoms with Crippen LogP contribution in [-0.4, -0.2) is 26.4 Å². The molecule has 1 amide bonds. The summed E-state index contributed by atoms with van der Waals surface area (Å²) in [6, 6.07) is 13.6. The van der Waals surface area contributed by atoms with Crippen LogP contribution in [0.1, 0.15) is 0 Å². The fourth-order valence-electron chi connectivity index (χ4n) is 2.65. The molecule has 0 fully saturated rings. The van der Waals surface area contributed by atoms with Gasteiger partial charge < -0.3 is 14.3 Å². The largest absolute Gasteiger partial charge is 0.453 e. The van der Waals surface area contributed by atoms with E-state index in [0.29, 0.717) is 22.4 Å². The molecule has 2 aromatic carbocycles. The van der Waals surface area contributed by atoms with E-state index >= 15 is 0 Å². The Morgan fingerprint density at radius 1 is 1.25 bits per heavy atom. The molecule has 4 aromatic rings. The maximum atomic E-state index is 13.2. The number of aromatic nitrogens is 3. The summed E-state index contributed by atoms with van der Waals surface area (Å²) in [4.78, 5) is 12.1. The number of hydrogen-bond acceptors (Lipinski definition) is 5. The molecule has 0 spiro atoms. The summed E-state index contributed by atoms with van der Waals surface area (Å²) in [6.07, 6.45) is 0. The summed E-state index contributed by atoms with van der Waals surface area (Å²) >= 11 is 6.95. The van der Waals surface area contributed by atoms with Crippen molar-refractivity contribution in [3.8, 4) is 11.6 Å². The summed E-state index contributed by atoms with van der Waals surface area (Å²) in [5.74, 6) is 0.492. The third-order valence-electron chi connectivity index (χ3n) is 4.02. The molecule has 0 aliphatic rings. The summed E-state index contributed by atoms with van der Waals surface area (Å²) in [6.45, 7) is 0. The van der Waals surface area contributed by atoms with Crippen molar-refractivity contribution in [3.63, 3.8) is 0 Å². The first kappa shape index (κ1) is 18.5. The zero-order valence-electron chi connectivity index (χ0n) is 14.6. The number of nitrogens with one attached hydrogen (secondary N) is 1. The number of para-hydroxylation sites is 1. The number of anilines is 1. The average Bonchev–Trinajstić information content (AvgIpc) is 3.26. The van der Waals surface area contributed by atoms with Crippen LogP contribution < -0.4 is 5.32 Å². The number of rotatable bonds is 5. The molecule has 0 aliphatic carbocycles. The van der Waals surface area contributed by atoms with Crippen LogP contribution in [0.5, 0.6) is 0 Å². The number of thioether (sulfide) groups is 1. The van der Waals surface area contributed by atoms with Gasteiger partial charge in [-0.3, -0.25) is 4.79 Å². The predicted molar refractivity (Wildman–Crippen MR) is 107 cm³/mol. The summed E-state index contributed by atoms with van der Waals surface area (Å²) in [5.41, 5.74) is 1.20. The lowest BCUT2D eigenvalue weighted by atomic mass is 10.2. The Morgan fingerprint density at radius 3 is 2.86 bits per heavy atom. The van der Waals surface area contributed by atoms with Crippen LogP contribution in [0.3, 0.4) is 0 Å². The zero-order valence-corrected chi connectivity index (χ0v) is 16.2. The number of fused-ring (bicyclic) bond motifs is 1. The highest BCUT2D eigenvalue weighted by Gasteiger charge is 2.16. The van der Waals surface area contributed by atoms with Crippen molar-refractivity contribution in [2.75, 3.05) is 11.1 Å². The van der Waals surface area contributed by atoms with Crippen molar-refractivity contribution >= 4 is 45.9 Å². The second kappa shape index (κ2) is 7.65. The van der Waals surface area contributed by atoms with Gasteiger partial charge in [0.05, 0.1) is 10.8 Å². The molecule has 0 saturated carbocycles. The Hall–Kier alpha value is -2.84. The van der Waals surface area contributed by atoms with Gasteiger partial charge in [0.25, 0.3) is 0 Å². The SMILES string of the molecule is Cn1c(SCC(=O)Nc2ccc(F)c(Cl)c2)nnc1-c1cc2ccccc2o1. The van der Waals surface area contributed by atoms with Gasteiger partial charge in [0, 0.05) is 18.1 Å². The minimum absolute atomic E-state index is 0.0470. The lowest BCUT2D eigenvalue weighted by Crippen LogP contribution is -2.14. The molecule has 2 aromatic heterocycles. The van der Waals surface area contributed by atoms with Crippen molar-refractivity contribution in [3.05, 3.63) is 59.4 Å². The molecule has 1 N–H and O–H groups in total. The standard InChI is InChI=1S/C19H14ClFN4O2S/c1-25-18(16-8-11-4-2-3-5-15(11)27-16)23-24-19(25)28-10-17(26)22-12-6-7-14(21)13(20)9-12/h2-9H,10H2,1H3,(H,22,26). The van der Waals surface area contributed by atoms with Gasteiger partial charge in [0.15, 0.2) is 16.7 Å². The molecule has 2 heterocycles. The number of hydrogen-bond donors (Lipinski definition) is 1. The monoisotopic (exact) mass is 416 g/mol. The van der Waals surface area contributed by atoms with Crippen molar-refractivity contribution < 1.29 is 13.6 Å². The highest BCUT2D eigenvalue weighted by Crippen LogP contribution is 2.28. The van der Waals surface area contributed by atoms with E-state index in [1.807, 2.05) is 37.4 Å². The third kappa shape index (κ3) is 3.74. The van der Waals surface area contributed by atoms with Gasteiger partial charge in [-0.2, -0.15) is 0 Å². The summed E-state index contributed by atoms with van der Waals surface area (Å²) in [5, 5.41) is 12.5. The van der Waals surface area contributed by atoms with Crippen molar-refractivity contribution in [2.45, 2.75) is 5.16 Å². The fourth-order valence-corrected chi connectivity index (χ4v) is 3.54. The van der Waals surface area contributed by atoms with Crippen LogP contribution in [0.25, 0.3) is 22.6 Å². The third-order valence-corrected chi connectivity index (χ3v) is 5.33. The van der Waals surface area contributed by atoms with Crippen LogP contribution in [-0.2, 0) is 11.8 Å². The molecule has 6 nitrogen and oxygen atoms in total. The molecule has 0 bridgehead atoms. The number of halogens is 2. The van der Waals surface area contributed by atoms with E-state index in [4.69, 9.17) is 16.0 Å². The number of nitrogens with zero attached hydrogens (tertiary/aromatic N) is 3. The topological polar surface area (TPSA) is 73.0 Å². The van der Waals surface area contributed by atoms with E-state index in [1.165, 1.54) is 30.0 Å². The maximum Gasteiger partial charge on any atom is 0.234 e. The van der Waals surface area contributed by atoms with Crippen LogP contribution in [0.4, 0.5) is 10.1 Å². The van der Waals surface area contributed by atoms with Gasteiger partial charge in [-0.15, -0.1) is 10.2 Å². The van der Waals surface area contributed by atoms with Crippen molar-refractivity contribution in [1.29, 1.82) is 0 Å². The van der Waals surface area contributed by atoms with E-state index in [0.717, 1.165) is 11.0 Å². The Bertz CT molecular complexity index is 1140. The highest BCUT2D eigenvalue weighted by atomic mass is 35.5. The molecule has 28 heavy (non-hydrogen) atoms. The first-order valence-electron chi connectivity index (χ1n) is 8.27. The number of carbonyl (C=O) groups excluding carboxylic acids is 1. The van der Waals surface area contributed by atoms with Gasteiger partial charge in [-0.25, -0.2) is 4.39 Å². The highest BCUT2D eigenvalue weighted by molar-refractivity contribution is 7.99. The van der Waals surface area contributed by atoms with E-state index in [-0.39, 0.29) is 16.7 Å². The molecule has 0 unspecified atom stereocenters. The Kier molecular flexibility index (Phi) is 5.06. The minimum Gasteiger partial charge on any atom is -0.453 e. The van der Waals surface area contributed by atoms with Gasteiger partial charge in [0.1, 0.15) is 11.4 Å². The van der Waals surface area contributed by atoms with Gasteiger partial charge in [-0.1, -0.05) is 41.6 Å². The van der Waals surface area contributed by atoms with E-state index in [9.17, 15) is 9.18 Å². The number of furan rings is 1. The summed E-state index contributed by atoms with van der Waals surface area (Å²) in [7, 11) is 1.81. The Labute approximate surface area is 168 Å². The quantitative estimate of drug-likeness (QED) is 0.475. The van der Waals surface area contributed by atoms with Crippen molar-refractivity contribution in [1.82, 2.24) is 14.8 Å². The van der Waals surface area contributed by atoms with Gasteiger partial charge in [-0.05, 0) is 30.3 Å². The number of benzene rings is 2. The predicted octanol–water partition coefficient (Wildman–Crippen LogP) is 4.75. The van der Waals surface area contributed by atoms with E-state index in [2.05, 4.69) is 15.5 Å². The molecule has 0 radical (unpaired) electrons. The molecular weight excluding hydrogens is 403 g/mol. The van der Waals surface area contributed by atoms with Gasteiger partial charge in [0.2, 0.25) is 5.91 Å². The molecule has 0 aliphatic heterocycles. The second-order valence-corrected chi connectivity index (χ2v) is 7.33. The smallest absolute Gasteiger partial charge is 0.234 e. The molecule has 0 atom stereocenters. The van der Waals surface area contributed by atoms with E-state index < -0.39 is 5.82 Å². The zero-order chi connectivity index (χ0) is 19.7. The van der Waals surface area contributed by atoms with Crippen molar-refractivity contribution in [2.24, 2.45) is 7.05 Å². The molecule has 0 saturated heterocycles. The number of carbonyl (C=O) groups is 1. The molecular formula is C19H14ClFN4O2S. The Balaban J connectivity index is 1.44. The van der Waals surface area contributed by atoms with E-state index in [1.54, 1.807) is 4.57 Å². The lowest BCUT2D eigenvalue weighted by molar-refractivity contribution is -0.113. The first-order chi connectivity index (χ1) is 13.5. The first-order valence-corrected chi connectivity index (χ1v) is 9.63. The fraction of sp³-hybridized carbons (Fsp3) is 0.105. The van der Waals surface area contributed by atoms with Gasteiger partial charge >= 0.3 is 0 Å². The Morgan fingerprint density at radius 2 is 2.07 bits per heavy atom. The van der Waals surface area contributed by atoms with Crippen LogP contribution in [0.15, 0.2) is 58.1 Å². The van der Waals surface area contributed by atoms with Crippen LogP contribution >= 0.6 is 23.4 Å². The number of amides is 1. The lowest BCUT2D eigenvalue weighted by Gasteiger charge is -2.06. The molecule has 142 valence electrons. The molecule has 4 rings (SSSR count). The van der Waals surface area contributed by atoms with Crippen LogP contribution in [0, 0.1) is 5.82 Å². The normalized spacial score (nSPS) is 11.1.